The van der Waals surface area contributed by atoms with Crippen molar-refractivity contribution in [1.29, 1.82) is 0 Å². The van der Waals surface area contributed by atoms with E-state index in [1.165, 1.54) is 12.2 Å². The zero-order chi connectivity index (χ0) is 8.48. The Bertz CT molecular complexity index is 198. The number of aliphatic hydroxyl groups is 2. The van der Waals surface area contributed by atoms with Crippen LogP contribution in [0, 0.1) is 0 Å². The van der Waals surface area contributed by atoms with Gasteiger partial charge in [-0.05, 0) is 18.6 Å². The number of carbonyl (C=O) groups excluding carboxylic acids is 1. The maximum absolute atomic E-state index is 10.8. The number of hydrogen-bond acceptors (Lipinski definition) is 3. The normalized spacial score (nSPS) is 37.7. The highest BCUT2D eigenvalue weighted by Crippen LogP contribution is 2.24. The number of allylic oxidation sites excluding steroid dienone is 1. The molecule has 0 aromatic carbocycles. The first-order chi connectivity index (χ1) is 5.08. The largest absolute Gasteiger partial charge is 0.386 e. The molecule has 0 aromatic rings. The second-order valence-electron chi connectivity index (χ2n) is 2.90. The predicted molar refractivity (Wildman–Crippen MR) is 40.0 cm³/mol. The Kier molecular flexibility index (Phi) is 2.11. The summed E-state index contributed by atoms with van der Waals surface area (Å²) in [5.74, 6) is -0.125. The lowest BCUT2D eigenvalue weighted by atomic mass is 9.84. The van der Waals surface area contributed by atoms with Crippen molar-refractivity contribution in [3.63, 3.8) is 0 Å². The number of rotatable bonds is 1. The van der Waals surface area contributed by atoms with E-state index >= 15 is 0 Å². The minimum absolute atomic E-state index is 0.0289. The van der Waals surface area contributed by atoms with E-state index < -0.39 is 11.7 Å². The third-order valence-corrected chi connectivity index (χ3v) is 2.11. The first kappa shape index (κ1) is 8.43. The molecule has 2 atom stereocenters. The zero-order valence-electron chi connectivity index (χ0n) is 6.45. The standard InChI is InChI=1S/C8H12O3/c1-2-8(11)5-6(9)3-4-7(8)10/h3-4,7,10-11H,2,5H2,1H3/t7-,8+/m1/s1. The SMILES string of the molecule is CC[C@]1(O)CC(=O)C=C[C@H]1O. The van der Waals surface area contributed by atoms with Gasteiger partial charge in [-0.2, -0.15) is 0 Å². The van der Waals surface area contributed by atoms with Gasteiger partial charge >= 0.3 is 0 Å². The molecule has 1 aliphatic rings. The van der Waals surface area contributed by atoms with Gasteiger partial charge < -0.3 is 10.2 Å². The Balaban J connectivity index is 2.83. The van der Waals surface area contributed by atoms with Crippen molar-refractivity contribution >= 4 is 5.78 Å². The van der Waals surface area contributed by atoms with Gasteiger partial charge in [-0.25, -0.2) is 0 Å². The van der Waals surface area contributed by atoms with Gasteiger partial charge in [0.1, 0.15) is 11.7 Å². The molecular weight excluding hydrogens is 144 g/mol. The second-order valence-corrected chi connectivity index (χ2v) is 2.90. The molecule has 3 heteroatoms. The summed E-state index contributed by atoms with van der Waals surface area (Å²) in [6, 6.07) is 0. The van der Waals surface area contributed by atoms with Crippen molar-refractivity contribution < 1.29 is 15.0 Å². The summed E-state index contributed by atoms with van der Waals surface area (Å²) < 4.78 is 0. The Morgan fingerprint density at radius 3 is 2.91 bits per heavy atom. The van der Waals surface area contributed by atoms with Crippen molar-refractivity contribution in [3.8, 4) is 0 Å². The predicted octanol–water partition coefficient (Wildman–Crippen LogP) is 0.0174. The summed E-state index contributed by atoms with van der Waals surface area (Å²) in [5, 5.41) is 18.9. The van der Waals surface area contributed by atoms with Gasteiger partial charge in [-0.15, -0.1) is 0 Å². The minimum Gasteiger partial charge on any atom is -0.386 e. The quantitative estimate of drug-likeness (QED) is 0.562. The van der Waals surface area contributed by atoms with Crippen LogP contribution in [0.1, 0.15) is 19.8 Å². The van der Waals surface area contributed by atoms with Crippen molar-refractivity contribution in [2.75, 3.05) is 0 Å². The third kappa shape index (κ3) is 1.49. The van der Waals surface area contributed by atoms with Gasteiger partial charge in [0.15, 0.2) is 5.78 Å². The summed E-state index contributed by atoms with van der Waals surface area (Å²) in [4.78, 5) is 10.8. The molecule has 1 aliphatic carbocycles. The fourth-order valence-electron chi connectivity index (χ4n) is 1.18. The molecule has 2 N–H and O–H groups in total. The lowest BCUT2D eigenvalue weighted by molar-refractivity contribution is -0.127. The molecule has 0 radical (unpaired) electrons. The van der Waals surface area contributed by atoms with Gasteiger partial charge in [-0.1, -0.05) is 6.92 Å². The summed E-state index contributed by atoms with van der Waals surface area (Å²) in [6.45, 7) is 1.75. The third-order valence-electron chi connectivity index (χ3n) is 2.11. The maximum Gasteiger partial charge on any atom is 0.158 e. The van der Waals surface area contributed by atoms with Crippen LogP contribution in [-0.4, -0.2) is 27.7 Å². The van der Waals surface area contributed by atoms with Gasteiger partial charge in [-0.3, -0.25) is 4.79 Å². The van der Waals surface area contributed by atoms with Gasteiger partial charge in [0.05, 0.1) is 0 Å². The van der Waals surface area contributed by atoms with E-state index in [1.54, 1.807) is 6.92 Å². The highest BCUT2D eigenvalue weighted by atomic mass is 16.3. The fraction of sp³-hybridized carbons (Fsp3) is 0.625. The van der Waals surface area contributed by atoms with E-state index in [0.717, 1.165) is 0 Å². The molecule has 0 saturated carbocycles. The van der Waals surface area contributed by atoms with Crippen LogP contribution in [0.3, 0.4) is 0 Å². The first-order valence-electron chi connectivity index (χ1n) is 3.70. The van der Waals surface area contributed by atoms with Crippen molar-refractivity contribution in [2.45, 2.75) is 31.5 Å². The average molecular weight is 156 g/mol. The number of carbonyl (C=O) groups is 1. The lowest BCUT2D eigenvalue weighted by Crippen LogP contribution is -2.44. The molecule has 3 nitrogen and oxygen atoms in total. The van der Waals surface area contributed by atoms with Crippen LogP contribution < -0.4 is 0 Å². The van der Waals surface area contributed by atoms with Crippen LogP contribution >= 0.6 is 0 Å². The molecule has 0 unspecified atom stereocenters. The van der Waals surface area contributed by atoms with Crippen LogP contribution in [-0.2, 0) is 4.79 Å². The van der Waals surface area contributed by atoms with Gasteiger partial charge in [0, 0.05) is 6.42 Å². The zero-order valence-corrected chi connectivity index (χ0v) is 6.45. The molecule has 0 spiro atoms. The van der Waals surface area contributed by atoms with Crippen molar-refractivity contribution in [2.24, 2.45) is 0 Å². The summed E-state index contributed by atoms with van der Waals surface area (Å²) in [7, 11) is 0. The van der Waals surface area contributed by atoms with E-state index in [1.807, 2.05) is 0 Å². The summed E-state index contributed by atoms with van der Waals surface area (Å²) in [6.07, 6.45) is 2.18. The fourth-order valence-corrected chi connectivity index (χ4v) is 1.18. The van der Waals surface area contributed by atoms with E-state index in [0.29, 0.717) is 6.42 Å². The van der Waals surface area contributed by atoms with Gasteiger partial charge in [0.25, 0.3) is 0 Å². The molecule has 0 amide bonds. The maximum atomic E-state index is 10.8. The first-order valence-corrected chi connectivity index (χ1v) is 3.70. The van der Waals surface area contributed by atoms with Crippen LogP contribution in [0.5, 0.6) is 0 Å². The molecule has 0 saturated heterocycles. The molecule has 0 fully saturated rings. The molecule has 0 bridgehead atoms. The number of ketones is 1. The highest BCUT2D eigenvalue weighted by Gasteiger charge is 2.36. The van der Waals surface area contributed by atoms with Crippen molar-refractivity contribution in [1.82, 2.24) is 0 Å². The van der Waals surface area contributed by atoms with E-state index in [4.69, 9.17) is 0 Å². The Labute approximate surface area is 65.3 Å². The Hall–Kier alpha value is -0.670. The highest BCUT2D eigenvalue weighted by molar-refractivity contribution is 5.91. The topological polar surface area (TPSA) is 57.5 Å². The second kappa shape index (κ2) is 2.75. The molecular formula is C8H12O3. The molecule has 1 rings (SSSR count). The minimum atomic E-state index is -1.23. The molecule has 0 aliphatic heterocycles. The lowest BCUT2D eigenvalue weighted by Gasteiger charge is -2.31. The molecule has 0 heterocycles. The van der Waals surface area contributed by atoms with Crippen LogP contribution in [0.15, 0.2) is 12.2 Å². The van der Waals surface area contributed by atoms with Crippen molar-refractivity contribution in [3.05, 3.63) is 12.2 Å². The van der Waals surface area contributed by atoms with Crippen LogP contribution in [0.2, 0.25) is 0 Å². The van der Waals surface area contributed by atoms with Crippen LogP contribution in [0.4, 0.5) is 0 Å². The number of aliphatic hydroxyl groups excluding tert-OH is 1. The van der Waals surface area contributed by atoms with Gasteiger partial charge in [0.2, 0.25) is 0 Å². The monoisotopic (exact) mass is 156 g/mol. The Morgan fingerprint density at radius 2 is 2.45 bits per heavy atom. The van der Waals surface area contributed by atoms with E-state index in [2.05, 4.69) is 0 Å². The number of hydrogen-bond donors (Lipinski definition) is 2. The molecule has 0 aromatic heterocycles. The van der Waals surface area contributed by atoms with Crippen LogP contribution in [0.25, 0.3) is 0 Å². The molecule has 11 heavy (non-hydrogen) atoms. The summed E-state index contributed by atoms with van der Waals surface area (Å²) in [5.41, 5.74) is -1.23. The van der Waals surface area contributed by atoms with E-state index in [-0.39, 0.29) is 12.2 Å². The Morgan fingerprint density at radius 1 is 1.82 bits per heavy atom. The molecule has 62 valence electrons. The smallest absolute Gasteiger partial charge is 0.158 e. The summed E-state index contributed by atoms with van der Waals surface area (Å²) >= 11 is 0. The van der Waals surface area contributed by atoms with E-state index in [9.17, 15) is 15.0 Å². The average Bonchev–Trinajstić information content (AvgIpc) is 1.98.